The number of carbonyl (C=O) groups excluding carboxylic acids is 2. The molecule has 0 aliphatic carbocycles. The van der Waals surface area contributed by atoms with Crippen molar-refractivity contribution in [3.8, 4) is 12.3 Å². The predicted octanol–water partition coefficient (Wildman–Crippen LogP) is 1.20. The largest absolute Gasteiger partial charge is 0.384 e. The molecule has 8 nitrogen and oxygen atoms in total. The highest BCUT2D eigenvalue weighted by atomic mass is 79.9. The molecule has 2 N–H and O–H groups in total. The summed E-state index contributed by atoms with van der Waals surface area (Å²) in [5.74, 6) is 1.22. The number of nitrogens with two attached hydrogens (primary N) is 1. The maximum atomic E-state index is 13.7. The van der Waals surface area contributed by atoms with E-state index in [0.717, 1.165) is 6.42 Å². The van der Waals surface area contributed by atoms with E-state index in [4.69, 9.17) is 16.9 Å². The van der Waals surface area contributed by atoms with Gasteiger partial charge in [0, 0.05) is 35.7 Å². The van der Waals surface area contributed by atoms with Crippen molar-refractivity contribution in [2.75, 3.05) is 26.8 Å². The number of fused-ring (bicyclic) bond motifs is 2. The van der Waals surface area contributed by atoms with Crippen LogP contribution in [0.3, 0.4) is 0 Å². The smallest absolute Gasteiger partial charge is 0.248 e. The summed E-state index contributed by atoms with van der Waals surface area (Å²) < 4.78 is 34.5. The molecule has 10 heteroatoms. The Balaban J connectivity index is 2.13. The van der Waals surface area contributed by atoms with Crippen LogP contribution in [-0.4, -0.2) is 68.3 Å². The monoisotopic (exact) mass is 497 g/mol. The van der Waals surface area contributed by atoms with Crippen molar-refractivity contribution in [1.82, 2.24) is 9.21 Å². The molecule has 0 radical (unpaired) electrons. The molecule has 2 aliphatic rings. The Morgan fingerprint density at radius 3 is 2.73 bits per heavy atom. The van der Waals surface area contributed by atoms with Crippen LogP contribution in [0.2, 0.25) is 0 Å². The van der Waals surface area contributed by atoms with Gasteiger partial charge in [-0.3, -0.25) is 9.59 Å². The molecule has 3 atom stereocenters. The van der Waals surface area contributed by atoms with E-state index in [1.165, 1.54) is 27.4 Å². The predicted molar refractivity (Wildman–Crippen MR) is 114 cm³/mol. The molecule has 2 amide bonds. The van der Waals surface area contributed by atoms with E-state index in [1.54, 1.807) is 7.11 Å². The van der Waals surface area contributed by atoms with Gasteiger partial charge in [-0.05, 0) is 37.5 Å². The third-order valence-corrected chi connectivity index (χ3v) is 7.97. The van der Waals surface area contributed by atoms with Gasteiger partial charge in [-0.1, -0.05) is 21.9 Å². The fourth-order valence-electron chi connectivity index (χ4n) is 4.34. The van der Waals surface area contributed by atoms with E-state index < -0.39 is 28.0 Å². The second kappa shape index (κ2) is 9.06. The van der Waals surface area contributed by atoms with Crippen LogP contribution in [0, 0.1) is 18.3 Å². The van der Waals surface area contributed by atoms with Crippen LogP contribution in [0.4, 0.5) is 0 Å². The van der Waals surface area contributed by atoms with Gasteiger partial charge >= 0.3 is 0 Å². The van der Waals surface area contributed by atoms with Gasteiger partial charge < -0.3 is 15.4 Å². The van der Waals surface area contributed by atoms with Gasteiger partial charge in [0.15, 0.2) is 0 Å². The van der Waals surface area contributed by atoms with Crippen molar-refractivity contribution < 1.29 is 22.7 Å². The van der Waals surface area contributed by atoms with Gasteiger partial charge in [-0.15, -0.1) is 6.42 Å². The van der Waals surface area contributed by atoms with E-state index in [9.17, 15) is 18.0 Å². The zero-order chi connectivity index (χ0) is 22.1. The second-order valence-corrected chi connectivity index (χ2v) is 10.3. The number of sulfonamides is 1. The number of amides is 2. The summed E-state index contributed by atoms with van der Waals surface area (Å²) in [5.41, 5.74) is 5.43. The maximum Gasteiger partial charge on any atom is 0.248 e. The third-order valence-electron chi connectivity index (χ3n) is 5.60. The van der Waals surface area contributed by atoms with Gasteiger partial charge in [0.05, 0.1) is 18.0 Å². The molecule has 162 valence electrons. The van der Waals surface area contributed by atoms with Crippen LogP contribution in [0.15, 0.2) is 27.6 Å². The lowest BCUT2D eigenvalue weighted by atomic mass is 9.91. The molecule has 3 rings (SSSR count). The molecule has 2 bridgehead atoms. The summed E-state index contributed by atoms with van der Waals surface area (Å²) in [4.78, 5) is 26.3. The van der Waals surface area contributed by atoms with E-state index in [-0.39, 0.29) is 28.8 Å². The Hall–Kier alpha value is -1.93. The van der Waals surface area contributed by atoms with Crippen molar-refractivity contribution >= 4 is 37.8 Å². The summed E-state index contributed by atoms with van der Waals surface area (Å²) in [6.07, 6.45) is 7.19. The number of carbonyl (C=O) groups is 2. The highest BCUT2D eigenvalue weighted by Crippen LogP contribution is 2.37. The summed E-state index contributed by atoms with van der Waals surface area (Å²) in [6.45, 7) is 0.733. The number of hydrogen-bond donors (Lipinski definition) is 1. The molecule has 2 aliphatic heterocycles. The Bertz CT molecular complexity index is 991. The van der Waals surface area contributed by atoms with Crippen LogP contribution in [-0.2, 0) is 19.6 Å². The first kappa shape index (κ1) is 22.7. The lowest BCUT2D eigenvalue weighted by molar-refractivity contribution is -0.134. The van der Waals surface area contributed by atoms with E-state index in [2.05, 4.69) is 21.9 Å². The average molecular weight is 498 g/mol. The standard InChI is InChI=1S/C20H24BrN3O5S/c1-3-7-23-11-14(12-29-2)17-5-4-6-18(20(23)26)24(17)30(27,28)16-9-13(19(22)25)8-15(21)10-16/h1,8-10,14,17-18H,4-7,11-12H2,2H3,(H2,22,25)/t14-,17+,18?/m1/s1. The first-order chi connectivity index (χ1) is 14.2. The normalized spacial score (nSPS) is 24.9. The zero-order valence-electron chi connectivity index (χ0n) is 16.6. The Morgan fingerprint density at radius 2 is 2.10 bits per heavy atom. The maximum absolute atomic E-state index is 13.7. The lowest BCUT2D eigenvalue weighted by Crippen LogP contribution is -2.55. The van der Waals surface area contributed by atoms with Crippen LogP contribution in [0.5, 0.6) is 0 Å². The number of piperidine rings is 1. The number of nitrogens with zero attached hydrogens (tertiary/aromatic N) is 2. The molecule has 1 aromatic rings. The van der Waals surface area contributed by atoms with Crippen LogP contribution < -0.4 is 5.73 Å². The Kier molecular flexibility index (Phi) is 6.87. The molecule has 0 aromatic heterocycles. The minimum Gasteiger partial charge on any atom is -0.384 e. The van der Waals surface area contributed by atoms with Gasteiger partial charge in [-0.2, -0.15) is 4.31 Å². The number of rotatable bonds is 6. The highest BCUT2D eigenvalue weighted by molar-refractivity contribution is 9.10. The number of terminal acetylenes is 1. The molecular formula is C20H24BrN3O5S. The average Bonchev–Trinajstić information content (AvgIpc) is 2.76. The molecular weight excluding hydrogens is 474 g/mol. The van der Waals surface area contributed by atoms with Crippen molar-refractivity contribution in [3.63, 3.8) is 0 Å². The van der Waals surface area contributed by atoms with Crippen molar-refractivity contribution in [3.05, 3.63) is 28.2 Å². The molecule has 2 heterocycles. The SMILES string of the molecule is C#CCN1C[C@H](COC)[C@@H]2CCCC(C1=O)N2S(=O)(=O)c1cc(Br)cc(C(N)=O)c1. The fourth-order valence-corrected chi connectivity index (χ4v) is 6.94. The summed E-state index contributed by atoms with van der Waals surface area (Å²) in [5, 5.41) is 0. The zero-order valence-corrected chi connectivity index (χ0v) is 19.0. The molecule has 30 heavy (non-hydrogen) atoms. The van der Waals surface area contributed by atoms with E-state index in [1.807, 2.05) is 0 Å². The summed E-state index contributed by atoms with van der Waals surface area (Å²) in [6, 6.07) is 2.85. The Morgan fingerprint density at radius 1 is 1.37 bits per heavy atom. The first-order valence-corrected chi connectivity index (χ1v) is 11.8. The molecule has 1 unspecified atom stereocenters. The molecule has 0 spiro atoms. The number of halogens is 1. The van der Waals surface area contributed by atoms with E-state index in [0.29, 0.717) is 30.5 Å². The van der Waals surface area contributed by atoms with Crippen LogP contribution >= 0.6 is 15.9 Å². The number of primary amides is 1. The molecule has 2 saturated heterocycles. The molecule has 0 saturated carbocycles. The number of hydrogen-bond acceptors (Lipinski definition) is 5. The van der Waals surface area contributed by atoms with Gasteiger partial charge in [0.1, 0.15) is 6.04 Å². The quantitative estimate of drug-likeness (QED) is 0.593. The van der Waals surface area contributed by atoms with E-state index >= 15 is 0 Å². The fraction of sp³-hybridized carbons (Fsp3) is 0.500. The lowest BCUT2D eigenvalue weighted by Gasteiger charge is -2.40. The van der Waals surface area contributed by atoms with Crippen LogP contribution in [0.1, 0.15) is 29.6 Å². The highest BCUT2D eigenvalue weighted by Gasteiger charge is 2.50. The summed E-state index contributed by atoms with van der Waals surface area (Å²) in [7, 11) is -2.56. The van der Waals surface area contributed by atoms with Gasteiger partial charge in [0.2, 0.25) is 21.8 Å². The minimum atomic E-state index is -4.10. The van der Waals surface area contributed by atoms with Crippen molar-refractivity contribution in [2.45, 2.75) is 36.2 Å². The van der Waals surface area contributed by atoms with Gasteiger partial charge in [0.25, 0.3) is 0 Å². The number of ether oxygens (including phenoxy) is 1. The molecule has 1 aromatic carbocycles. The number of methoxy groups -OCH3 is 1. The number of benzene rings is 1. The van der Waals surface area contributed by atoms with Crippen molar-refractivity contribution in [2.24, 2.45) is 11.7 Å². The topological polar surface area (TPSA) is 110 Å². The van der Waals surface area contributed by atoms with Gasteiger partial charge in [-0.25, -0.2) is 8.42 Å². The minimum absolute atomic E-state index is 0.0663. The molecule has 2 fully saturated rings. The first-order valence-electron chi connectivity index (χ1n) is 9.55. The second-order valence-electron chi connectivity index (χ2n) is 7.53. The third kappa shape index (κ3) is 4.25. The van der Waals surface area contributed by atoms with Crippen LogP contribution in [0.25, 0.3) is 0 Å². The Labute approximate surface area is 184 Å². The van der Waals surface area contributed by atoms with Crippen molar-refractivity contribution in [1.29, 1.82) is 0 Å². The summed E-state index contributed by atoms with van der Waals surface area (Å²) >= 11 is 3.25.